The lowest BCUT2D eigenvalue weighted by atomic mass is 10.1. The van der Waals surface area contributed by atoms with Crippen LogP contribution in [0.2, 0.25) is 0 Å². The summed E-state index contributed by atoms with van der Waals surface area (Å²) in [5, 5.41) is 7.86. The molecular formula is C14H20N4O. The molecule has 0 aliphatic rings. The number of rotatable bonds is 5. The first-order valence-electron chi connectivity index (χ1n) is 6.68. The normalized spacial score (nSPS) is 11.2. The van der Waals surface area contributed by atoms with Crippen molar-refractivity contribution in [3.05, 3.63) is 40.3 Å². The summed E-state index contributed by atoms with van der Waals surface area (Å²) in [6, 6.07) is 7.67. The summed E-state index contributed by atoms with van der Waals surface area (Å²) in [5.41, 5.74) is 1.74. The molecule has 0 aliphatic heterocycles. The van der Waals surface area contributed by atoms with E-state index in [0.29, 0.717) is 12.5 Å². The van der Waals surface area contributed by atoms with Crippen LogP contribution in [0.5, 0.6) is 0 Å². The summed E-state index contributed by atoms with van der Waals surface area (Å²) in [6.45, 7) is 6.98. The monoisotopic (exact) mass is 260 g/mol. The Balaban J connectivity index is 2.14. The topological polar surface area (TPSA) is 52.7 Å². The summed E-state index contributed by atoms with van der Waals surface area (Å²) < 4.78 is 2.77. The molecule has 2 aromatic rings. The Morgan fingerprint density at radius 2 is 1.84 bits per heavy atom. The van der Waals surface area contributed by atoms with E-state index in [4.69, 9.17) is 0 Å². The number of aryl methyl sites for hydroxylation is 2. The second-order valence-corrected chi connectivity index (χ2v) is 5.27. The van der Waals surface area contributed by atoms with Crippen molar-refractivity contribution >= 4 is 0 Å². The first kappa shape index (κ1) is 13.5. The molecule has 1 heterocycles. The lowest BCUT2D eigenvalue weighted by molar-refractivity contribution is 0.475. The van der Waals surface area contributed by atoms with Gasteiger partial charge < -0.3 is 0 Å². The fraction of sp³-hybridized carbons (Fsp3) is 0.500. The number of nitrogens with zero attached hydrogens (tertiary/aromatic N) is 4. The van der Waals surface area contributed by atoms with E-state index in [-0.39, 0.29) is 5.69 Å². The highest BCUT2D eigenvalue weighted by Crippen LogP contribution is 2.06. The van der Waals surface area contributed by atoms with E-state index < -0.39 is 0 Å². The van der Waals surface area contributed by atoms with Crippen LogP contribution >= 0.6 is 0 Å². The average molecular weight is 260 g/mol. The Hall–Kier alpha value is -1.91. The lowest BCUT2D eigenvalue weighted by Crippen LogP contribution is -2.24. The van der Waals surface area contributed by atoms with Gasteiger partial charge in [0.1, 0.15) is 0 Å². The van der Waals surface area contributed by atoms with Gasteiger partial charge in [0.15, 0.2) is 0 Å². The standard InChI is InChI=1S/C14H20N4O/c1-11(2)5-4-10-17-14(19)18(16-15-17)13-8-6-12(3)7-9-13/h6-9,11H,4-5,10H2,1-3H3. The fourth-order valence-electron chi connectivity index (χ4n) is 1.91. The molecule has 5 nitrogen and oxygen atoms in total. The summed E-state index contributed by atoms with van der Waals surface area (Å²) in [6.07, 6.45) is 2.04. The van der Waals surface area contributed by atoms with Crippen LogP contribution in [-0.2, 0) is 6.54 Å². The molecule has 0 aliphatic carbocycles. The van der Waals surface area contributed by atoms with Crippen molar-refractivity contribution in [1.82, 2.24) is 19.8 Å². The van der Waals surface area contributed by atoms with Gasteiger partial charge in [0, 0.05) is 6.54 Å². The Morgan fingerprint density at radius 3 is 2.47 bits per heavy atom. The smallest absolute Gasteiger partial charge is 0.244 e. The van der Waals surface area contributed by atoms with Gasteiger partial charge in [-0.25, -0.2) is 4.79 Å². The number of hydrogen-bond acceptors (Lipinski definition) is 3. The maximum atomic E-state index is 12.1. The van der Waals surface area contributed by atoms with Gasteiger partial charge in [-0.1, -0.05) is 31.5 Å². The predicted molar refractivity (Wildman–Crippen MR) is 74.4 cm³/mol. The minimum Gasteiger partial charge on any atom is -0.244 e. The molecule has 1 aromatic heterocycles. The zero-order valence-electron chi connectivity index (χ0n) is 11.7. The molecule has 102 valence electrons. The first-order valence-corrected chi connectivity index (χ1v) is 6.68. The molecule has 0 unspecified atom stereocenters. The SMILES string of the molecule is Cc1ccc(-n2nnn(CCCC(C)C)c2=O)cc1. The molecule has 5 heteroatoms. The molecule has 19 heavy (non-hydrogen) atoms. The molecule has 0 bridgehead atoms. The lowest BCUT2D eigenvalue weighted by Gasteiger charge is -2.02. The third-order valence-corrected chi connectivity index (χ3v) is 3.07. The second-order valence-electron chi connectivity index (χ2n) is 5.27. The molecule has 0 saturated heterocycles. The van der Waals surface area contributed by atoms with Crippen LogP contribution in [0.15, 0.2) is 29.1 Å². The maximum Gasteiger partial charge on any atom is 0.368 e. The number of benzene rings is 1. The number of aromatic nitrogens is 4. The Bertz CT molecular complexity index is 580. The van der Waals surface area contributed by atoms with Gasteiger partial charge in [-0.2, -0.15) is 9.36 Å². The van der Waals surface area contributed by atoms with Gasteiger partial charge in [0.2, 0.25) is 0 Å². The zero-order chi connectivity index (χ0) is 13.8. The van der Waals surface area contributed by atoms with Crippen molar-refractivity contribution in [3.8, 4) is 5.69 Å². The van der Waals surface area contributed by atoms with Crippen LogP contribution in [0.25, 0.3) is 5.69 Å². The highest BCUT2D eigenvalue weighted by molar-refractivity contribution is 5.32. The third kappa shape index (κ3) is 3.30. The highest BCUT2D eigenvalue weighted by atomic mass is 16.2. The van der Waals surface area contributed by atoms with E-state index in [2.05, 4.69) is 24.3 Å². The minimum absolute atomic E-state index is 0.174. The van der Waals surface area contributed by atoms with Crippen LogP contribution in [0.4, 0.5) is 0 Å². The van der Waals surface area contributed by atoms with Crippen molar-refractivity contribution in [1.29, 1.82) is 0 Å². The van der Waals surface area contributed by atoms with E-state index >= 15 is 0 Å². The summed E-state index contributed by atoms with van der Waals surface area (Å²) >= 11 is 0. The largest absolute Gasteiger partial charge is 0.368 e. The van der Waals surface area contributed by atoms with E-state index in [0.717, 1.165) is 24.1 Å². The summed E-state index contributed by atoms with van der Waals surface area (Å²) in [5.74, 6) is 0.642. The molecule has 0 atom stereocenters. The van der Waals surface area contributed by atoms with Crippen molar-refractivity contribution in [2.75, 3.05) is 0 Å². The van der Waals surface area contributed by atoms with E-state index in [1.54, 1.807) is 0 Å². The van der Waals surface area contributed by atoms with E-state index in [9.17, 15) is 4.79 Å². The van der Waals surface area contributed by atoms with Gasteiger partial charge in [0.05, 0.1) is 5.69 Å². The number of hydrogen-bond donors (Lipinski definition) is 0. The van der Waals surface area contributed by atoms with Crippen LogP contribution in [0.1, 0.15) is 32.3 Å². The van der Waals surface area contributed by atoms with E-state index in [1.807, 2.05) is 31.2 Å². The van der Waals surface area contributed by atoms with Crippen molar-refractivity contribution in [3.63, 3.8) is 0 Å². The fourth-order valence-corrected chi connectivity index (χ4v) is 1.91. The van der Waals surface area contributed by atoms with Crippen molar-refractivity contribution < 1.29 is 0 Å². The van der Waals surface area contributed by atoms with Gasteiger partial charge in [-0.3, -0.25) is 0 Å². The maximum absolute atomic E-state index is 12.1. The number of tetrazole rings is 1. The van der Waals surface area contributed by atoms with Gasteiger partial charge in [-0.05, 0) is 48.2 Å². The molecule has 2 rings (SSSR count). The van der Waals surface area contributed by atoms with Crippen molar-refractivity contribution in [2.45, 2.75) is 40.2 Å². The second kappa shape index (κ2) is 5.82. The van der Waals surface area contributed by atoms with Crippen molar-refractivity contribution in [2.24, 2.45) is 5.92 Å². The molecule has 0 amide bonds. The molecule has 0 spiro atoms. The van der Waals surface area contributed by atoms with Crippen LogP contribution < -0.4 is 5.69 Å². The Labute approximate surface area is 112 Å². The molecule has 0 N–H and O–H groups in total. The third-order valence-electron chi connectivity index (χ3n) is 3.07. The van der Waals surface area contributed by atoms with E-state index in [1.165, 1.54) is 9.36 Å². The molecule has 0 saturated carbocycles. The summed E-state index contributed by atoms with van der Waals surface area (Å²) in [7, 11) is 0. The van der Waals surface area contributed by atoms with Gasteiger partial charge in [-0.15, -0.1) is 0 Å². The summed E-state index contributed by atoms with van der Waals surface area (Å²) in [4.78, 5) is 12.1. The molecule has 1 aromatic carbocycles. The Morgan fingerprint density at radius 1 is 1.16 bits per heavy atom. The minimum atomic E-state index is -0.174. The van der Waals surface area contributed by atoms with Crippen LogP contribution in [0, 0.1) is 12.8 Å². The zero-order valence-corrected chi connectivity index (χ0v) is 11.7. The molecule has 0 radical (unpaired) electrons. The van der Waals surface area contributed by atoms with Crippen LogP contribution in [0.3, 0.4) is 0 Å². The van der Waals surface area contributed by atoms with Gasteiger partial charge >= 0.3 is 5.69 Å². The molecule has 0 fully saturated rings. The molecular weight excluding hydrogens is 240 g/mol. The Kier molecular flexibility index (Phi) is 4.14. The predicted octanol–water partition coefficient (Wildman–Crippen LogP) is 2.17. The highest BCUT2D eigenvalue weighted by Gasteiger charge is 2.08. The van der Waals surface area contributed by atoms with Gasteiger partial charge in [0.25, 0.3) is 0 Å². The van der Waals surface area contributed by atoms with Crippen LogP contribution in [-0.4, -0.2) is 19.8 Å². The first-order chi connectivity index (χ1) is 9.08. The quantitative estimate of drug-likeness (QED) is 0.828. The average Bonchev–Trinajstić information content (AvgIpc) is 2.72.